The Labute approximate surface area is 155 Å². The predicted octanol–water partition coefficient (Wildman–Crippen LogP) is 1.03. The molecule has 1 heterocycles. The van der Waals surface area contributed by atoms with E-state index in [4.69, 9.17) is 4.74 Å². The molecule has 0 unspecified atom stereocenters. The lowest BCUT2D eigenvalue weighted by molar-refractivity contribution is -0.131. The second kappa shape index (κ2) is 8.63. The van der Waals surface area contributed by atoms with Crippen molar-refractivity contribution in [3.63, 3.8) is 0 Å². The summed E-state index contributed by atoms with van der Waals surface area (Å²) < 4.78 is 32.3. The number of rotatable bonds is 5. The van der Waals surface area contributed by atoms with E-state index in [1.807, 2.05) is 0 Å². The first-order chi connectivity index (χ1) is 11.8. The zero-order valence-corrected chi connectivity index (χ0v) is 16.2. The summed E-state index contributed by atoms with van der Waals surface area (Å²) in [7, 11) is -3.75. The Morgan fingerprint density at radius 1 is 1.12 bits per heavy atom. The topological polar surface area (TPSA) is 96.0 Å². The second-order valence-electron chi connectivity index (χ2n) is 5.35. The fourth-order valence-corrected chi connectivity index (χ4v) is 3.56. The molecule has 138 valence electrons. The van der Waals surface area contributed by atoms with Crippen molar-refractivity contribution in [1.82, 2.24) is 14.5 Å². The van der Waals surface area contributed by atoms with Crippen molar-refractivity contribution in [3.05, 3.63) is 28.7 Å². The maximum absolute atomic E-state index is 12.2. The van der Waals surface area contributed by atoms with Gasteiger partial charge in [0, 0.05) is 30.7 Å². The number of carbonyl (C=O) groups is 2. The molecule has 1 N–H and O–H groups in total. The molecular formula is C15H20BrN3O5S. The third kappa shape index (κ3) is 5.41. The molecule has 25 heavy (non-hydrogen) atoms. The van der Waals surface area contributed by atoms with Gasteiger partial charge in [0.2, 0.25) is 15.9 Å². The quantitative estimate of drug-likeness (QED) is 0.747. The normalized spacial score (nSPS) is 15.1. The van der Waals surface area contributed by atoms with Crippen molar-refractivity contribution in [2.75, 3.05) is 39.3 Å². The van der Waals surface area contributed by atoms with Gasteiger partial charge in [0.15, 0.2) is 0 Å². The van der Waals surface area contributed by atoms with Gasteiger partial charge in [-0.2, -0.15) is 0 Å². The van der Waals surface area contributed by atoms with Gasteiger partial charge in [0.25, 0.3) is 0 Å². The Morgan fingerprint density at radius 2 is 1.68 bits per heavy atom. The highest BCUT2D eigenvalue weighted by Crippen LogP contribution is 2.14. The highest BCUT2D eigenvalue weighted by molar-refractivity contribution is 9.10. The van der Waals surface area contributed by atoms with Crippen LogP contribution in [0.15, 0.2) is 33.6 Å². The maximum Gasteiger partial charge on any atom is 0.409 e. The fraction of sp³-hybridized carbons (Fsp3) is 0.467. The Bertz CT molecular complexity index is 715. The summed E-state index contributed by atoms with van der Waals surface area (Å²) in [6.45, 7) is 3.13. The van der Waals surface area contributed by atoms with Crippen LogP contribution in [0, 0.1) is 0 Å². The summed E-state index contributed by atoms with van der Waals surface area (Å²) in [5.74, 6) is -0.329. The van der Waals surface area contributed by atoms with E-state index in [-0.39, 0.29) is 17.3 Å². The number of piperazine rings is 1. The zero-order valence-electron chi connectivity index (χ0n) is 13.8. The van der Waals surface area contributed by atoms with Crippen LogP contribution in [0.1, 0.15) is 6.92 Å². The lowest BCUT2D eigenvalue weighted by Crippen LogP contribution is -2.52. The van der Waals surface area contributed by atoms with Crippen molar-refractivity contribution < 1.29 is 22.7 Å². The molecule has 0 saturated carbocycles. The van der Waals surface area contributed by atoms with E-state index in [2.05, 4.69) is 20.7 Å². The molecule has 0 radical (unpaired) electrons. The monoisotopic (exact) mass is 433 g/mol. The second-order valence-corrected chi connectivity index (χ2v) is 8.03. The van der Waals surface area contributed by atoms with Crippen LogP contribution in [0.5, 0.6) is 0 Å². The molecule has 1 fully saturated rings. The van der Waals surface area contributed by atoms with Crippen LogP contribution >= 0.6 is 15.9 Å². The molecule has 0 bridgehead atoms. The van der Waals surface area contributed by atoms with Crippen molar-refractivity contribution >= 4 is 38.0 Å². The Morgan fingerprint density at radius 3 is 2.24 bits per heavy atom. The van der Waals surface area contributed by atoms with Gasteiger partial charge >= 0.3 is 6.09 Å². The summed E-state index contributed by atoms with van der Waals surface area (Å²) in [6, 6.07) is 6.14. The van der Waals surface area contributed by atoms with Crippen LogP contribution in [-0.2, 0) is 19.6 Å². The third-order valence-corrected chi connectivity index (χ3v) is 5.64. The van der Waals surface area contributed by atoms with Crippen LogP contribution in [-0.4, -0.2) is 69.5 Å². The number of nitrogens with zero attached hydrogens (tertiary/aromatic N) is 2. The molecule has 2 amide bonds. The van der Waals surface area contributed by atoms with E-state index in [9.17, 15) is 18.0 Å². The largest absolute Gasteiger partial charge is 0.450 e. The summed E-state index contributed by atoms with van der Waals surface area (Å²) in [5.41, 5.74) is 0. The molecule has 1 aliphatic rings. The van der Waals surface area contributed by atoms with Crippen molar-refractivity contribution in [2.45, 2.75) is 11.8 Å². The number of nitrogens with one attached hydrogen (secondary N) is 1. The van der Waals surface area contributed by atoms with Gasteiger partial charge in [-0.1, -0.05) is 15.9 Å². The van der Waals surface area contributed by atoms with Crippen LogP contribution in [0.25, 0.3) is 0 Å². The predicted molar refractivity (Wildman–Crippen MR) is 94.5 cm³/mol. The van der Waals surface area contributed by atoms with Crippen LogP contribution in [0.2, 0.25) is 0 Å². The lowest BCUT2D eigenvalue weighted by Gasteiger charge is -2.34. The molecule has 10 heteroatoms. The first-order valence-corrected chi connectivity index (χ1v) is 10.1. The standard InChI is InChI=1S/C15H20BrN3O5S/c1-2-24-15(21)19-9-7-18(8-10-19)14(20)11-17-25(22,23)13-5-3-12(16)4-6-13/h3-6,17H,2,7-11H2,1H3. The number of benzene rings is 1. The Balaban J connectivity index is 1.85. The van der Waals surface area contributed by atoms with E-state index in [0.717, 1.165) is 4.47 Å². The number of amides is 2. The molecule has 1 aromatic rings. The van der Waals surface area contributed by atoms with Crippen molar-refractivity contribution in [2.24, 2.45) is 0 Å². The molecule has 0 aromatic heterocycles. The molecule has 0 spiro atoms. The molecule has 2 rings (SSSR count). The van der Waals surface area contributed by atoms with Gasteiger partial charge in [0.05, 0.1) is 18.0 Å². The summed E-state index contributed by atoms with van der Waals surface area (Å²) in [6.07, 6.45) is -0.398. The highest BCUT2D eigenvalue weighted by atomic mass is 79.9. The minimum atomic E-state index is -3.75. The summed E-state index contributed by atoms with van der Waals surface area (Å²) in [5, 5.41) is 0. The van der Waals surface area contributed by atoms with Crippen LogP contribution in [0.4, 0.5) is 4.79 Å². The first kappa shape index (κ1) is 19.7. The van der Waals surface area contributed by atoms with E-state index < -0.39 is 16.1 Å². The fourth-order valence-electron chi connectivity index (χ4n) is 2.32. The van der Waals surface area contributed by atoms with E-state index in [0.29, 0.717) is 32.8 Å². The van der Waals surface area contributed by atoms with E-state index in [1.165, 1.54) is 21.9 Å². The SMILES string of the molecule is CCOC(=O)N1CCN(C(=O)CNS(=O)(=O)c2ccc(Br)cc2)CC1. The van der Waals surface area contributed by atoms with Crippen molar-refractivity contribution in [1.29, 1.82) is 0 Å². The van der Waals surface area contributed by atoms with Gasteiger partial charge in [-0.25, -0.2) is 17.9 Å². The molecule has 1 aliphatic heterocycles. The molecule has 0 aliphatic carbocycles. The molecule has 0 atom stereocenters. The van der Waals surface area contributed by atoms with Gasteiger partial charge in [-0.3, -0.25) is 4.79 Å². The Kier molecular flexibility index (Phi) is 6.79. The minimum Gasteiger partial charge on any atom is -0.450 e. The number of hydrogen-bond acceptors (Lipinski definition) is 5. The third-order valence-electron chi connectivity index (χ3n) is 3.70. The maximum atomic E-state index is 12.2. The van der Waals surface area contributed by atoms with E-state index in [1.54, 1.807) is 19.1 Å². The number of ether oxygens (including phenoxy) is 1. The summed E-state index contributed by atoms with van der Waals surface area (Å²) in [4.78, 5) is 27.0. The van der Waals surface area contributed by atoms with Gasteiger partial charge < -0.3 is 14.5 Å². The minimum absolute atomic E-state index is 0.0932. The molecule has 1 aromatic carbocycles. The van der Waals surface area contributed by atoms with Gasteiger partial charge in [-0.05, 0) is 31.2 Å². The number of sulfonamides is 1. The van der Waals surface area contributed by atoms with Crippen molar-refractivity contribution in [3.8, 4) is 0 Å². The van der Waals surface area contributed by atoms with Gasteiger partial charge in [-0.15, -0.1) is 0 Å². The average Bonchev–Trinajstić information content (AvgIpc) is 2.60. The molecule has 8 nitrogen and oxygen atoms in total. The molecule has 1 saturated heterocycles. The summed E-state index contributed by atoms with van der Waals surface area (Å²) >= 11 is 3.24. The number of halogens is 1. The highest BCUT2D eigenvalue weighted by Gasteiger charge is 2.25. The first-order valence-electron chi connectivity index (χ1n) is 7.78. The van der Waals surface area contributed by atoms with Gasteiger partial charge in [0.1, 0.15) is 0 Å². The average molecular weight is 434 g/mol. The van der Waals surface area contributed by atoms with Crippen LogP contribution < -0.4 is 4.72 Å². The Hall–Kier alpha value is -1.65. The zero-order chi connectivity index (χ0) is 18.4. The number of carbonyl (C=O) groups excluding carboxylic acids is 2. The smallest absolute Gasteiger partial charge is 0.409 e. The van der Waals surface area contributed by atoms with E-state index >= 15 is 0 Å². The molecular weight excluding hydrogens is 414 g/mol. The number of hydrogen-bond donors (Lipinski definition) is 1. The lowest BCUT2D eigenvalue weighted by atomic mass is 10.3. The van der Waals surface area contributed by atoms with Crippen LogP contribution in [0.3, 0.4) is 0 Å².